The topological polar surface area (TPSA) is 45.9 Å². The van der Waals surface area contributed by atoms with E-state index in [1.165, 1.54) is 11.3 Å². The smallest absolute Gasteiger partial charge is 0.134 e. The summed E-state index contributed by atoms with van der Waals surface area (Å²) in [5.41, 5.74) is 2.43. The third kappa shape index (κ3) is 3.47. The molecule has 0 saturated carbocycles. The summed E-state index contributed by atoms with van der Waals surface area (Å²) in [5.74, 6) is 0.799. The summed E-state index contributed by atoms with van der Waals surface area (Å²) in [6.45, 7) is 4.48. The maximum absolute atomic E-state index is 9.27. The first-order chi connectivity index (χ1) is 9.63. The van der Waals surface area contributed by atoms with E-state index in [4.69, 9.17) is 4.74 Å². The molecule has 1 aromatic heterocycles. The van der Waals surface area contributed by atoms with E-state index in [0.29, 0.717) is 12.2 Å². The maximum Gasteiger partial charge on any atom is 0.134 e. The summed E-state index contributed by atoms with van der Waals surface area (Å²) in [6.07, 6.45) is 1.83. The lowest BCUT2D eigenvalue weighted by molar-refractivity contribution is 0.338. The summed E-state index contributed by atoms with van der Waals surface area (Å²) in [6, 6.07) is 7.95. The molecule has 2 aromatic rings. The second-order valence-electron chi connectivity index (χ2n) is 4.09. The Hall–Kier alpha value is -1.64. The lowest BCUT2D eigenvalue weighted by Gasteiger charge is -2.06. The number of benzene rings is 1. The predicted molar refractivity (Wildman–Crippen MR) is 85.6 cm³/mol. The number of aryl methyl sites for hydroxylation is 1. The number of nitriles is 1. The Morgan fingerprint density at radius 1 is 1.55 bits per heavy atom. The van der Waals surface area contributed by atoms with Crippen LogP contribution in [-0.4, -0.2) is 11.6 Å². The monoisotopic (exact) mass is 348 g/mol. The highest BCUT2D eigenvalue weighted by molar-refractivity contribution is 9.10. The van der Waals surface area contributed by atoms with Gasteiger partial charge in [-0.3, -0.25) is 0 Å². The molecule has 0 aliphatic rings. The summed E-state index contributed by atoms with van der Waals surface area (Å²) in [5, 5.41) is 12.0. The van der Waals surface area contributed by atoms with Gasteiger partial charge in [-0.2, -0.15) is 5.26 Å². The Kier molecular flexibility index (Phi) is 4.94. The van der Waals surface area contributed by atoms with Crippen LogP contribution in [0.4, 0.5) is 0 Å². The van der Waals surface area contributed by atoms with Gasteiger partial charge in [0.15, 0.2) is 0 Å². The van der Waals surface area contributed by atoms with Crippen molar-refractivity contribution in [1.29, 1.82) is 5.26 Å². The molecular weight excluding hydrogens is 336 g/mol. The van der Waals surface area contributed by atoms with Gasteiger partial charge in [0.1, 0.15) is 16.8 Å². The van der Waals surface area contributed by atoms with Crippen molar-refractivity contribution in [1.82, 2.24) is 4.98 Å². The summed E-state index contributed by atoms with van der Waals surface area (Å²) in [4.78, 5) is 4.34. The Labute approximate surface area is 130 Å². The first kappa shape index (κ1) is 14.8. The normalized spacial score (nSPS) is 11.2. The van der Waals surface area contributed by atoms with Gasteiger partial charge in [-0.05, 0) is 53.5 Å². The number of rotatable bonds is 4. The third-order valence-corrected chi connectivity index (χ3v) is 4.15. The van der Waals surface area contributed by atoms with Crippen molar-refractivity contribution >= 4 is 38.9 Å². The van der Waals surface area contributed by atoms with Crippen LogP contribution in [0, 0.1) is 18.3 Å². The molecule has 0 saturated heterocycles. The van der Waals surface area contributed by atoms with Gasteiger partial charge in [0.25, 0.3) is 0 Å². The van der Waals surface area contributed by atoms with Crippen LogP contribution in [0.15, 0.2) is 28.1 Å². The minimum Gasteiger partial charge on any atom is -0.493 e. The molecule has 0 aliphatic heterocycles. The minimum absolute atomic E-state index is 0.569. The minimum atomic E-state index is 0.569. The lowest BCUT2D eigenvalue weighted by atomic mass is 10.1. The fourth-order valence-corrected chi connectivity index (χ4v) is 2.94. The number of allylic oxidation sites excluding steroid dienone is 1. The molecule has 1 heterocycles. The van der Waals surface area contributed by atoms with Crippen molar-refractivity contribution in [2.24, 2.45) is 0 Å². The highest BCUT2D eigenvalue weighted by Crippen LogP contribution is 2.28. The van der Waals surface area contributed by atoms with Gasteiger partial charge >= 0.3 is 0 Å². The highest BCUT2D eigenvalue weighted by Gasteiger charge is 2.07. The molecule has 0 amide bonds. The predicted octanol–water partition coefficient (Wildman–Crippen LogP) is 4.68. The van der Waals surface area contributed by atoms with Crippen LogP contribution in [0.1, 0.15) is 23.2 Å². The maximum atomic E-state index is 9.27. The second-order valence-corrected chi connectivity index (χ2v) is 5.80. The molecule has 0 fully saturated rings. The number of hydrogen-bond donors (Lipinski definition) is 0. The average molecular weight is 349 g/mol. The van der Waals surface area contributed by atoms with Crippen molar-refractivity contribution in [3.05, 3.63) is 44.3 Å². The number of hydrogen-bond acceptors (Lipinski definition) is 4. The molecule has 0 bridgehead atoms. The Bertz CT molecular complexity index is 685. The van der Waals surface area contributed by atoms with Gasteiger partial charge in [0.2, 0.25) is 0 Å². The zero-order chi connectivity index (χ0) is 14.5. The Morgan fingerprint density at radius 2 is 2.35 bits per heavy atom. The number of nitrogens with zero attached hydrogens (tertiary/aromatic N) is 2. The van der Waals surface area contributed by atoms with Gasteiger partial charge in [-0.1, -0.05) is 6.07 Å². The number of thiazole rings is 1. The first-order valence-corrected chi connectivity index (χ1v) is 7.78. The van der Waals surface area contributed by atoms with E-state index in [2.05, 4.69) is 27.0 Å². The molecule has 0 spiro atoms. The molecule has 5 heteroatoms. The van der Waals surface area contributed by atoms with E-state index in [0.717, 1.165) is 26.5 Å². The van der Waals surface area contributed by atoms with Crippen LogP contribution >= 0.6 is 27.3 Å². The molecule has 0 radical (unpaired) electrons. The first-order valence-electron chi connectivity index (χ1n) is 6.10. The van der Waals surface area contributed by atoms with Gasteiger partial charge in [-0.15, -0.1) is 11.3 Å². The van der Waals surface area contributed by atoms with E-state index < -0.39 is 0 Å². The van der Waals surface area contributed by atoms with Crippen molar-refractivity contribution in [2.45, 2.75) is 13.8 Å². The Balaban J connectivity index is 2.34. The van der Waals surface area contributed by atoms with E-state index in [-0.39, 0.29) is 0 Å². The quantitative estimate of drug-likeness (QED) is 0.753. The van der Waals surface area contributed by atoms with Crippen molar-refractivity contribution in [3.63, 3.8) is 0 Å². The third-order valence-electron chi connectivity index (χ3n) is 2.54. The molecule has 0 unspecified atom stereocenters. The zero-order valence-electron chi connectivity index (χ0n) is 11.2. The molecule has 2 rings (SSSR count). The molecule has 20 heavy (non-hydrogen) atoms. The van der Waals surface area contributed by atoms with Crippen LogP contribution < -0.4 is 4.74 Å². The molecule has 0 N–H and O–H groups in total. The molecule has 0 atom stereocenters. The molecule has 1 aromatic carbocycles. The summed E-state index contributed by atoms with van der Waals surface area (Å²) < 4.78 is 6.34. The van der Waals surface area contributed by atoms with E-state index in [1.54, 1.807) is 0 Å². The number of ether oxygens (including phenoxy) is 1. The molecule has 102 valence electrons. The lowest BCUT2D eigenvalue weighted by Crippen LogP contribution is -1.92. The molecule has 0 aliphatic carbocycles. The van der Waals surface area contributed by atoms with Crippen molar-refractivity contribution in [3.8, 4) is 11.8 Å². The largest absolute Gasteiger partial charge is 0.493 e. The highest BCUT2D eigenvalue weighted by atomic mass is 79.9. The number of halogens is 1. The van der Waals surface area contributed by atoms with Gasteiger partial charge in [0.05, 0.1) is 16.7 Å². The summed E-state index contributed by atoms with van der Waals surface area (Å²) >= 11 is 4.95. The van der Waals surface area contributed by atoms with Gasteiger partial charge in [0, 0.05) is 11.1 Å². The van der Waals surface area contributed by atoms with Crippen molar-refractivity contribution < 1.29 is 4.74 Å². The van der Waals surface area contributed by atoms with Gasteiger partial charge < -0.3 is 4.74 Å². The van der Waals surface area contributed by atoms with Gasteiger partial charge in [-0.25, -0.2) is 4.98 Å². The van der Waals surface area contributed by atoms with Crippen LogP contribution in [0.25, 0.3) is 11.6 Å². The SMILES string of the molecule is CCOc1ccc(/C=C(/C#N)c2nc(C)cs2)cc1Br. The average Bonchev–Trinajstić information content (AvgIpc) is 2.85. The molecule has 3 nitrogen and oxygen atoms in total. The van der Waals surface area contributed by atoms with E-state index >= 15 is 0 Å². The van der Waals surface area contributed by atoms with Crippen LogP contribution in [-0.2, 0) is 0 Å². The van der Waals surface area contributed by atoms with E-state index in [1.807, 2.05) is 43.5 Å². The van der Waals surface area contributed by atoms with E-state index in [9.17, 15) is 5.26 Å². The van der Waals surface area contributed by atoms with Crippen LogP contribution in [0.5, 0.6) is 5.75 Å². The fourth-order valence-electron chi connectivity index (χ4n) is 1.67. The number of aromatic nitrogens is 1. The van der Waals surface area contributed by atoms with Crippen LogP contribution in [0.2, 0.25) is 0 Å². The molecular formula is C15H13BrN2OS. The fraction of sp³-hybridized carbons (Fsp3) is 0.200. The summed E-state index contributed by atoms with van der Waals surface area (Å²) in [7, 11) is 0. The standard InChI is InChI=1S/C15H13BrN2OS/c1-3-19-14-5-4-11(7-13(14)16)6-12(8-17)15-18-10(2)9-20-15/h4-7,9H,3H2,1-2H3/b12-6-. The van der Waals surface area contributed by atoms with Crippen molar-refractivity contribution in [2.75, 3.05) is 6.61 Å². The zero-order valence-corrected chi connectivity index (χ0v) is 13.6. The second kappa shape index (κ2) is 6.69. The van der Waals surface area contributed by atoms with Crippen LogP contribution in [0.3, 0.4) is 0 Å². The Morgan fingerprint density at radius 3 is 2.90 bits per heavy atom.